The average molecular weight is 434 g/mol. The summed E-state index contributed by atoms with van der Waals surface area (Å²) in [5, 5.41) is 0. The van der Waals surface area contributed by atoms with E-state index < -0.39 is 42.4 Å². The molecule has 0 N–H and O–H groups in total. The van der Waals surface area contributed by atoms with Crippen LogP contribution in [0.3, 0.4) is 0 Å². The van der Waals surface area contributed by atoms with E-state index in [1.54, 1.807) is 12.1 Å². The van der Waals surface area contributed by atoms with Gasteiger partial charge >= 0.3 is 0 Å². The highest BCUT2D eigenvalue weighted by Crippen LogP contribution is 2.25. The SMILES string of the molecule is Cc1ccc(S(=O)(=O)N2CCN(S(=O)(=O)c3ccc(F)c(F)c3F)CC2)cc1. The van der Waals surface area contributed by atoms with Gasteiger partial charge in [-0.1, -0.05) is 17.7 Å². The van der Waals surface area contributed by atoms with Crippen LogP contribution in [0.15, 0.2) is 46.2 Å². The summed E-state index contributed by atoms with van der Waals surface area (Å²) in [5.74, 6) is -5.16. The Bertz CT molecular complexity index is 1100. The lowest BCUT2D eigenvalue weighted by Gasteiger charge is -2.33. The lowest BCUT2D eigenvalue weighted by atomic mass is 10.2. The lowest BCUT2D eigenvalue weighted by Crippen LogP contribution is -2.50. The Morgan fingerprint density at radius 1 is 0.714 bits per heavy atom. The smallest absolute Gasteiger partial charge is 0.207 e. The molecule has 1 saturated heterocycles. The fourth-order valence-corrected chi connectivity index (χ4v) is 5.76. The van der Waals surface area contributed by atoms with Crippen LogP contribution < -0.4 is 0 Å². The molecule has 3 rings (SSSR count). The molecule has 0 spiro atoms. The standard InChI is InChI=1S/C17H17F3N2O4S2/c1-12-2-4-13(5-3-12)27(23,24)21-8-10-22(11-9-21)28(25,26)15-7-6-14(18)16(19)17(15)20/h2-7H,8-11H2,1H3. The fraction of sp³-hybridized carbons (Fsp3) is 0.294. The van der Waals surface area contributed by atoms with Crippen LogP contribution in [0.1, 0.15) is 5.56 Å². The van der Waals surface area contributed by atoms with Gasteiger partial charge in [-0.2, -0.15) is 8.61 Å². The minimum atomic E-state index is -4.44. The molecule has 0 unspecified atom stereocenters. The second-order valence-corrected chi connectivity index (χ2v) is 10.1. The van der Waals surface area contributed by atoms with Crippen molar-refractivity contribution in [1.82, 2.24) is 8.61 Å². The van der Waals surface area contributed by atoms with E-state index in [0.29, 0.717) is 12.1 Å². The van der Waals surface area contributed by atoms with E-state index in [2.05, 4.69) is 0 Å². The van der Waals surface area contributed by atoms with Gasteiger partial charge in [0.1, 0.15) is 4.90 Å². The summed E-state index contributed by atoms with van der Waals surface area (Å²) in [7, 11) is -8.25. The summed E-state index contributed by atoms with van der Waals surface area (Å²) in [4.78, 5) is -0.901. The van der Waals surface area contributed by atoms with Crippen LogP contribution in [-0.4, -0.2) is 51.6 Å². The van der Waals surface area contributed by atoms with E-state index in [1.165, 1.54) is 12.1 Å². The monoisotopic (exact) mass is 434 g/mol. The van der Waals surface area contributed by atoms with Gasteiger partial charge in [-0.25, -0.2) is 30.0 Å². The zero-order valence-electron chi connectivity index (χ0n) is 14.8. The maximum atomic E-state index is 13.9. The van der Waals surface area contributed by atoms with Crippen molar-refractivity contribution in [2.75, 3.05) is 26.2 Å². The van der Waals surface area contributed by atoms with Gasteiger partial charge in [-0.15, -0.1) is 0 Å². The van der Waals surface area contributed by atoms with Gasteiger partial charge in [0.15, 0.2) is 17.5 Å². The van der Waals surface area contributed by atoms with Crippen LogP contribution in [0.5, 0.6) is 0 Å². The van der Waals surface area contributed by atoms with Crippen molar-refractivity contribution >= 4 is 20.0 Å². The molecule has 2 aromatic rings. The summed E-state index contributed by atoms with van der Waals surface area (Å²) in [6, 6.07) is 7.41. The Morgan fingerprint density at radius 3 is 1.75 bits per heavy atom. The number of hydrogen-bond acceptors (Lipinski definition) is 4. The first-order valence-electron chi connectivity index (χ1n) is 8.25. The van der Waals surface area contributed by atoms with E-state index in [1.807, 2.05) is 6.92 Å². The molecular weight excluding hydrogens is 417 g/mol. The first kappa shape index (κ1) is 20.8. The highest BCUT2D eigenvalue weighted by Gasteiger charge is 2.35. The molecular formula is C17H17F3N2O4S2. The highest BCUT2D eigenvalue weighted by atomic mass is 32.2. The predicted molar refractivity (Wildman–Crippen MR) is 95.0 cm³/mol. The Morgan fingerprint density at radius 2 is 1.21 bits per heavy atom. The maximum Gasteiger partial charge on any atom is 0.246 e. The van der Waals surface area contributed by atoms with Crippen LogP contribution in [0.2, 0.25) is 0 Å². The molecule has 28 heavy (non-hydrogen) atoms. The Kier molecular flexibility index (Phi) is 5.54. The number of nitrogens with zero attached hydrogens (tertiary/aromatic N) is 2. The number of hydrogen-bond donors (Lipinski definition) is 0. The second kappa shape index (κ2) is 7.47. The Hall–Kier alpha value is -1.95. The van der Waals surface area contributed by atoms with Crippen LogP contribution in [0.25, 0.3) is 0 Å². The zero-order valence-corrected chi connectivity index (χ0v) is 16.4. The minimum Gasteiger partial charge on any atom is -0.207 e. The maximum absolute atomic E-state index is 13.9. The molecule has 11 heteroatoms. The number of rotatable bonds is 4. The van der Waals surface area contributed by atoms with Gasteiger partial charge in [0.25, 0.3) is 0 Å². The Balaban J connectivity index is 1.80. The molecule has 0 bridgehead atoms. The number of aryl methyl sites for hydroxylation is 1. The molecule has 152 valence electrons. The molecule has 0 aromatic heterocycles. The summed E-state index contributed by atoms with van der Waals surface area (Å²) in [6.07, 6.45) is 0. The highest BCUT2D eigenvalue weighted by molar-refractivity contribution is 7.89. The van der Waals surface area contributed by atoms with Crippen molar-refractivity contribution in [1.29, 1.82) is 0 Å². The molecule has 1 aliphatic rings. The van der Waals surface area contributed by atoms with Gasteiger partial charge in [0, 0.05) is 26.2 Å². The van der Waals surface area contributed by atoms with Gasteiger partial charge in [-0.05, 0) is 31.2 Å². The van der Waals surface area contributed by atoms with E-state index in [-0.39, 0.29) is 31.1 Å². The molecule has 6 nitrogen and oxygen atoms in total. The average Bonchev–Trinajstić information content (AvgIpc) is 2.66. The van der Waals surface area contributed by atoms with Crippen LogP contribution in [-0.2, 0) is 20.0 Å². The molecule has 0 amide bonds. The topological polar surface area (TPSA) is 74.8 Å². The van der Waals surface area contributed by atoms with Crippen molar-refractivity contribution in [3.8, 4) is 0 Å². The zero-order chi connectivity index (χ0) is 20.7. The summed E-state index contributed by atoms with van der Waals surface area (Å²) in [6.45, 7) is 1.02. The number of piperazine rings is 1. The predicted octanol–water partition coefficient (Wildman–Crippen LogP) is 2.11. The first-order chi connectivity index (χ1) is 13.0. The third-order valence-electron chi connectivity index (χ3n) is 4.47. The molecule has 1 aliphatic heterocycles. The molecule has 2 aromatic carbocycles. The number of benzene rings is 2. The van der Waals surface area contributed by atoms with Crippen LogP contribution in [0, 0.1) is 24.4 Å². The van der Waals surface area contributed by atoms with E-state index in [9.17, 15) is 30.0 Å². The van der Waals surface area contributed by atoms with E-state index in [4.69, 9.17) is 0 Å². The normalized spacial score (nSPS) is 17.0. The molecule has 0 radical (unpaired) electrons. The fourth-order valence-electron chi connectivity index (χ4n) is 2.86. The number of halogens is 3. The van der Waals surface area contributed by atoms with Crippen molar-refractivity contribution in [2.24, 2.45) is 0 Å². The van der Waals surface area contributed by atoms with Crippen molar-refractivity contribution in [2.45, 2.75) is 16.7 Å². The first-order valence-corrected chi connectivity index (χ1v) is 11.1. The van der Waals surface area contributed by atoms with Crippen molar-refractivity contribution in [3.63, 3.8) is 0 Å². The lowest BCUT2D eigenvalue weighted by molar-refractivity contribution is 0.271. The minimum absolute atomic E-state index is 0.0843. The third kappa shape index (κ3) is 3.66. The van der Waals surface area contributed by atoms with E-state index >= 15 is 0 Å². The molecule has 0 atom stereocenters. The van der Waals surface area contributed by atoms with Gasteiger partial charge < -0.3 is 0 Å². The van der Waals surface area contributed by atoms with Crippen LogP contribution in [0.4, 0.5) is 13.2 Å². The van der Waals surface area contributed by atoms with Crippen molar-refractivity contribution < 1.29 is 30.0 Å². The van der Waals surface area contributed by atoms with Gasteiger partial charge in [0.05, 0.1) is 4.90 Å². The van der Waals surface area contributed by atoms with E-state index in [0.717, 1.165) is 14.2 Å². The summed E-state index contributed by atoms with van der Waals surface area (Å²) >= 11 is 0. The van der Waals surface area contributed by atoms with Crippen LogP contribution >= 0.6 is 0 Å². The summed E-state index contributed by atoms with van der Waals surface area (Å²) in [5.41, 5.74) is 0.892. The Labute approximate surface area is 161 Å². The molecule has 1 fully saturated rings. The second-order valence-electron chi connectivity index (χ2n) is 6.29. The summed E-state index contributed by atoms with van der Waals surface area (Å²) < 4.78 is 92.8. The largest absolute Gasteiger partial charge is 0.246 e. The molecule has 1 heterocycles. The third-order valence-corrected chi connectivity index (χ3v) is 8.30. The van der Waals surface area contributed by atoms with Gasteiger partial charge in [-0.3, -0.25) is 0 Å². The van der Waals surface area contributed by atoms with Crippen molar-refractivity contribution in [3.05, 3.63) is 59.4 Å². The number of sulfonamides is 2. The van der Waals surface area contributed by atoms with Gasteiger partial charge in [0.2, 0.25) is 20.0 Å². The molecule has 0 aliphatic carbocycles. The molecule has 0 saturated carbocycles. The quantitative estimate of drug-likeness (QED) is 0.691.